The van der Waals surface area contributed by atoms with Crippen LogP contribution in [0.15, 0.2) is 70.0 Å². The molecule has 0 aliphatic rings. The van der Waals surface area contributed by atoms with Gasteiger partial charge in [-0.05, 0) is 49.1 Å². The number of rotatable bonds is 6. The van der Waals surface area contributed by atoms with Crippen LogP contribution in [0.25, 0.3) is 17.5 Å². The van der Waals surface area contributed by atoms with Crippen LogP contribution in [-0.2, 0) is 9.53 Å². The molecule has 0 saturated heterocycles. The minimum atomic E-state index is -0.629. The summed E-state index contributed by atoms with van der Waals surface area (Å²) >= 11 is 1.67. The van der Waals surface area contributed by atoms with E-state index < -0.39 is 12.1 Å². The van der Waals surface area contributed by atoms with Gasteiger partial charge in [0.2, 0.25) is 5.89 Å². The lowest BCUT2D eigenvalue weighted by Crippen LogP contribution is -2.06. The quantitative estimate of drug-likeness (QED) is 0.355. The summed E-state index contributed by atoms with van der Waals surface area (Å²) in [7, 11) is 0. The molecule has 26 heavy (non-hydrogen) atoms. The highest BCUT2D eigenvalue weighted by molar-refractivity contribution is 7.98. The number of esters is 1. The Morgan fingerprint density at radius 2 is 1.85 bits per heavy atom. The standard InChI is InChI=1S/C20H18N2O3S/c1-14(19-21-22-20(25-19)16-6-4-3-5-7-16)24-18(23)13-10-15-8-11-17(26-2)12-9-15/h3-14H,1-2H3/b13-10+/t14-/m1/s1. The molecule has 5 nitrogen and oxygen atoms in total. The number of hydrogen-bond acceptors (Lipinski definition) is 6. The maximum atomic E-state index is 12.0. The summed E-state index contributed by atoms with van der Waals surface area (Å²) in [6.45, 7) is 1.70. The number of nitrogens with zero attached hydrogens (tertiary/aromatic N) is 2. The van der Waals surface area contributed by atoms with Crippen molar-refractivity contribution in [3.05, 3.63) is 72.1 Å². The minimum absolute atomic E-state index is 0.259. The van der Waals surface area contributed by atoms with E-state index in [0.29, 0.717) is 5.89 Å². The molecule has 0 aliphatic carbocycles. The summed E-state index contributed by atoms with van der Waals surface area (Å²) in [6.07, 6.45) is 4.49. The maximum absolute atomic E-state index is 12.0. The van der Waals surface area contributed by atoms with Gasteiger partial charge in [-0.2, -0.15) is 0 Å². The Labute approximate surface area is 156 Å². The molecule has 0 N–H and O–H groups in total. The highest BCUT2D eigenvalue weighted by Gasteiger charge is 2.17. The average molecular weight is 366 g/mol. The van der Waals surface area contributed by atoms with Crippen LogP contribution in [0.1, 0.15) is 24.5 Å². The van der Waals surface area contributed by atoms with Crippen LogP contribution in [0.5, 0.6) is 0 Å². The van der Waals surface area contributed by atoms with E-state index in [9.17, 15) is 4.79 Å². The molecule has 0 bridgehead atoms. The third-order valence-electron chi connectivity index (χ3n) is 3.63. The normalized spacial score (nSPS) is 12.2. The summed E-state index contributed by atoms with van der Waals surface area (Å²) in [5.74, 6) is 0.189. The lowest BCUT2D eigenvalue weighted by Gasteiger charge is -2.06. The minimum Gasteiger partial charge on any atom is -0.449 e. The first kappa shape index (κ1) is 17.9. The molecule has 0 saturated carbocycles. The molecule has 132 valence electrons. The Balaban J connectivity index is 1.60. The van der Waals surface area contributed by atoms with Crippen molar-refractivity contribution in [1.82, 2.24) is 10.2 Å². The first-order valence-corrected chi connectivity index (χ1v) is 9.30. The van der Waals surface area contributed by atoms with Gasteiger partial charge in [0.05, 0.1) is 0 Å². The van der Waals surface area contributed by atoms with Gasteiger partial charge in [0, 0.05) is 16.5 Å². The fourth-order valence-corrected chi connectivity index (χ4v) is 2.65. The first-order valence-electron chi connectivity index (χ1n) is 8.07. The highest BCUT2D eigenvalue weighted by Crippen LogP contribution is 2.22. The van der Waals surface area contributed by atoms with Gasteiger partial charge < -0.3 is 9.15 Å². The van der Waals surface area contributed by atoms with Crippen LogP contribution in [0, 0.1) is 0 Å². The summed E-state index contributed by atoms with van der Waals surface area (Å²) in [6, 6.07) is 17.3. The molecule has 2 aromatic carbocycles. The molecule has 1 heterocycles. The largest absolute Gasteiger partial charge is 0.449 e. The first-order chi connectivity index (χ1) is 12.7. The van der Waals surface area contributed by atoms with Gasteiger partial charge in [-0.25, -0.2) is 4.79 Å². The molecule has 0 spiro atoms. The average Bonchev–Trinajstić information content (AvgIpc) is 3.18. The van der Waals surface area contributed by atoms with Crippen LogP contribution in [0.2, 0.25) is 0 Å². The molecule has 3 rings (SSSR count). The van der Waals surface area contributed by atoms with E-state index in [1.807, 2.05) is 60.9 Å². The molecular formula is C20H18N2O3S. The van der Waals surface area contributed by atoms with Crippen LogP contribution in [-0.4, -0.2) is 22.4 Å². The van der Waals surface area contributed by atoms with E-state index >= 15 is 0 Å². The van der Waals surface area contributed by atoms with E-state index in [-0.39, 0.29) is 5.89 Å². The van der Waals surface area contributed by atoms with E-state index in [0.717, 1.165) is 11.1 Å². The van der Waals surface area contributed by atoms with E-state index in [2.05, 4.69) is 10.2 Å². The molecule has 0 amide bonds. The molecule has 6 heteroatoms. The van der Waals surface area contributed by atoms with Crippen molar-refractivity contribution in [2.75, 3.05) is 6.26 Å². The highest BCUT2D eigenvalue weighted by atomic mass is 32.2. The Kier molecular flexibility index (Phi) is 5.86. The molecule has 0 fully saturated rings. The third-order valence-corrected chi connectivity index (χ3v) is 4.37. The summed E-state index contributed by atoms with van der Waals surface area (Å²) < 4.78 is 10.9. The van der Waals surface area contributed by atoms with Crippen molar-refractivity contribution < 1.29 is 13.9 Å². The molecule has 3 aromatic rings. The van der Waals surface area contributed by atoms with Crippen molar-refractivity contribution >= 4 is 23.8 Å². The van der Waals surface area contributed by atoms with Gasteiger partial charge in [-0.15, -0.1) is 22.0 Å². The Morgan fingerprint density at radius 1 is 1.12 bits per heavy atom. The third kappa shape index (κ3) is 4.61. The van der Waals surface area contributed by atoms with Gasteiger partial charge in [-0.3, -0.25) is 0 Å². The zero-order valence-corrected chi connectivity index (χ0v) is 15.3. The van der Waals surface area contributed by atoms with Crippen molar-refractivity contribution in [3.8, 4) is 11.5 Å². The number of carbonyl (C=O) groups excluding carboxylic acids is 1. The smallest absolute Gasteiger partial charge is 0.331 e. The molecular weight excluding hydrogens is 348 g/mol. The number of benzene rings is 2. The van der Waals surface area contributed by atoms with Crippen LogP contribution >= 0.6 is 11.8 Å². The Hall–Kier alpha value is -2.86. The van der Waals surface area contributed by atoms with Gasteiger partial charge in [0.25, 0.3) is 5.89 Å². The number of carbonyl (C=O) groups is 1. The second-order valence-electron chi connectivity index (χ2n) is 5.50. The lowest BCUT2D eigenvalue weighted by atomic mass is 10.2. The number of aromatic nitrogens is 2. The van der Waals surface area contributed by atoms with Crippen molar-refractivity contribution in [1.29, 1.82) is 0 Å². The Bertz CT molecular complexity index is 889. The van der Waals surface area contributed by atoms with Crippen LogP contribution < -0.4 is 0 Å². The van der Waals surface area contributed by atoms with Gasteiger partial charge >= 0.3 is 5.97 Å². The molecule has 1 atom stereocenters. The van der Waals surface area contributed by atoms with Crippen molar-refractivity contribution in [2.24, 2.45) is 0 Å². The molecule has 0 unspecified atom stereocenters. The topological polar surface area (TPSA) is 65.2 Å². The molecule has 0 aliphatic heterocycles. The zero-order chi connectivity index (χ0) is 18.4. The lowest BCUT2D eigenvalue weighted by molar-refractivity contribution is -0.143. The van der Waals surface area contributed by atoms with Gasteiger partial charge in [0.15, 0.2) is 6.10 Å². The maximum Gasteiger partial charge on any atom is 0.331 e. The van der Waals surface area contributed by atoms with Crippen molar-refractivity contribution in [3.63, 3.8) is 0 Å². The second-order valence-corrected chi connectivity index (χ2v) is 6.38. The number of thioether (sulfide) groups is 1. The van der Waals surface area contributed by atoms with Gasteiger partial charge in [0.1, 0.15) is 0 Å². The Morgan fingerprint density at radius 3 is 2.54 bits per heavy atom. The number of hydrogen-bond donors (Lipinski definition) is 0. The fourth-order valence-electron chi connectivity index (χ4n) is 2.24. The van der Waals surface area contributed by atoms with Crippen LogP contribution in [0.3, 0.4) is 0 Å². The predicted molar refractivity (Wildman–Crippen MR) is 101 cm³/mol. The monoisotopic (exact) mass is 366 g/mol. The van der Waals surface area contributed by atoms with E-state index in [4.69, 9.17) is 9.15 Å². The van der Waals surface area contributed by atoms with Gasteiger partial charge in [-0.1, -0.05) is 30.3 Å². The summed E-state index contributed by atoms with van der Waals surface area (Å²) in [4.78, 5) is 13.2. The SMILES string of the molecule is CSc1ccc(/C=C/C(=O)O[C@H](C)c2nnc(-c3ccccc3)o2)cc1. The van der Waals surface area contributed by atoms with E-state index in [1.165, 1.54) is 11.0 Å². The number of ether oxygens (including phenoxy) is 1. The second kappa shape index (κ2) is 8.49. The molecule has 0 radical (unpaired) electrons. The van der Waals surface area contributed by atoms with Crippen molar-refractivity contribution in [2.45, 2.75) is 17.9 Å². The molecule has 1 aromatic heterocycles. The summed E-state index contributed by atoms with van der Waals surface area (Å²) in [5.41, 5.74) is 1.75. The van der Waals surface area contributed by atoms with E-state index in [1.54, 1.807) is 24.8 Å². The van der Waals surface area contributed by atoms with Crippen LogP contribution in [0.4, 0.5) is 0 Å². The summed E-state index contributed by atoms with van der Waals surface area (Å²) in [5, 5.41) is 7.96. The zero-order valence-electron chi connectivity index (χ0n) is 14.5. The fraction of sp³-hybridized carbons (Fsp3) is 0.150. The predicted octanol–water partition coefficient (Wildman–Crippen LogP) is 4.78.